The number of nitrogens with zero attached hydrogens (tertiary/aromatic N) is 2. The summed E-state index contributed by atoms with van der Waals surface area (Å²) < 4.78 is 42.2. The number of hydrogen-bond donors (Lipinski definition) is 2. The van der Waals surface area contributed by atoms with Gasteiger partial charge in [0.2, 0.25) is 5.56 Å². The zero-order valence-corrected chi connectivity index (χ0v) is 20.2. The summed E-state index contributed by atoms with van der Waals surface area (Å²) in [6, 6.07) is 7.45. The van der Waals surface area contributed by atoms with Crippen LogP contribution >= 0.6 is 11.6 Å². The number of carbonyl (C=O) groups excluding carboxylic acids is 1. The first-order valence-electron chi connectivity index (χ1n) is 11.0. The minimum atomic E-state index is -0.745. The third-order valence-corrected chi connectivity index (χ3v) is 6.55. The van der Waals surface area contributed by atoms with Gasteiger partial charge in [-0.2, -0.15) is 0 Å². The van der Waals surface area contributed by atoms with Crippen LogP contribution in [-0.4, -0.2) is 41.1 Å². The number of nitrogens with two attached hydrogens (primary N) is 1. The predicted octanol–water partition coefficient (Wildman–Crippen LogP) is 4.68. The van der Waals surface area contributed by atoms with Gasteiger partial charge in [-0.15, -0.1) is 0 Å². The van der Waals surface area contributed by atoms with Crippen molar-refractivity contribution < 1.29 is 18.0 Å². The van der Waals surface area contributed by atoms with Crippen molar-refractivity contribution in [3.63, 3.8) is 0 Å². The second-order valence-corrected chi connectivity index (χ2v) is 8.72. The lowest BCUT2D eigenvalue weighted by Crippen LogP contribution is -2.46. The van der Waals surface area contributed by atoms with Crippen LogP contribution in [0.2, 0.25) is 5.02 Å². The standard InChI is InChI=1S/C26H22ClF3N4O2/c1-13-24(31)19(25(32-2)15-7-16(28)9-17(29)8-15)5-6-34(13)26(36)21-11-18(30)10-20(23(21)27)14-3-4-22(35)33-12-14/h3-4,7-13H,5-6,31H2,1-2H3,(H,33,35)/t13-/m0/s1. The Kier molecular flexibility index (Phi) is 7.03. The average Bonchev–Trinajstić information content (AvgIpc) is 2.83. The maximum absolute atomic E-state index is 14.5. The third kappa shape index (κ3) is 4.79. The van der Waals surface area contributed by atoms with Gasteiger partial charge in [-0.05, 0) is 49.2 Å². The minimum Gasteiger partial charge on any atom is -0.400 e. The molecule has 0 saturated carbocycles. The summed E-state index contributed by atoms with van der Waals surface area (Å²) in [7, 11) is 1.49. The van der Waals surface area contributed by atoms with Crippen LogP contribution in [-0.2, 0) is 0 Å². The first-order valence-corrected chi connectivity index (χ1v) is 11.4. The van der Waals surface area contributed by atoms with E-state index in [-0.39, 0.29) is 40.2 Å². The van der Waals surface area contributed by atoms with Gasteiger partial charge < -0.3 is 15.6 Å². The molecule has 1 aromatic heterocycles. The number of amides is 1. The molecule has 0 fully saturated rings. The Labute approximate surface area is 209 Å². The van der Waals surface area contributed by atoms with Gasteiger partial charge in [-0.25, -0.2) is 13.2 Å². The van der Waals surface area contributed by atoms with Crippen molar-refractivity contribution in [2.45, 2.75) is 19.4 Å². The number of hydrogen-bond acceptors (Lipinski definition) is 4. The van der Waals surface area contributed by atoms with E-state index in [9.17, 15) is 22.8 Å². The summed E-state index contributed by atoms with van der Waals surface area (Å²) in [6.45, 7) is 1.88. The zero-order valence-electron chi connectivity index (χ0n) is 19.4. The highest BCUT2D eigenvalue weighted by atomic mass is 35.5. The van der Waals surface area contributed by atoms with Gasteiger partial charge in [0.25, 0.3) is 5.91 Å². The van der Waals surface area contributed by atoms with E-state index in [4.69, 9.17) is 17.3 Å². The Morgan fingerprint density at radius 2 is 1.78 bits per heavy atom. The maximum Gasteiger partial charge on any atom is 0.256 e. The summed E-state index contributed by atoms with van der Waals surface area (Å²) in [4.78, 5) is 33.0. The van der Waals surface area contributed by atoms with Crippen LogP contribution in [0.5, 0.6) is 0 Å². The molecule has 4 rings (SSSR count). The number of rotatable bonds is 4. The summed E-state index contributed by atoms with van der Waals surface area (Å²) in [5, 5.41) is 0.0278. The smallest absolute Gasteiger partial charge is 0.256 e. The molecule has 0 aliphatic carbocycles. The lowest BCUT2D eigenvalue weighted by Gasteiger charge is -2.36. The maximum atomic E-state index is 14.5. The van der Waals surface area contributed by atoms with Crippen molar-refractivity contribution in [1.29, 1.82) is 0 Å². The van der Waals surface area contributed by atoms with Crippen LogP contribution < -0.4 is 11.3 Å². The van der Waals surface area contributed by atoms with E-state index in [0.717, 1.165) is 12.1 Å². The summed E-state index contributed by atoms with van der Waals surface area (Å²) in [5.41, 5.74) is 8.12. The molecule has 2 aromatic carbocycles. The summed E-state index contributed by atoms with van der Waals surface area (Å²) in [5.74, 6) is -2.70. The Morgan fingerprint density at radius 3 is 2.39 bits per heavy atom. The number of nitrogens with one attached hydrogen (secondary N) is 1. The second-order valence-electron chi connectivity index (χ2n) is 8.35. The molecule has 6 nitrogen and oxygen atoms in total. The van der Waals surface area contributed by atoms with Gasteiger partial charge in [0.1, 0.15) is 17.5 Å². The predicted molar refractivity (Wildman–Crippen MR) is 133 cm³/mol. The molecule has 36 heavy (non-hydrogen) atoms. The molecular weight excluding hydrogens is 493 g/mol. The molecule has 0 spiro atoms. The minimum absolute atomic E-state index is 0.0278. The van der Waals surface area contributed by atoms with Crippen LogP contribution in [0.15, 0.2) is 69.7 Å². The molecule has 1 atom stereocenters. The number of aliphatic imine (C=N–C) groups is 1. The summed E-state index contributed by atoms with van der Waals surface area (Å²) in [6.07, 6.45) is 1.64. The van der Waals surface area contributed by atoms with Crippen molar-refractivity contribution in [1.82, 2.24) is 9.88 Å². The van der Waals surface area contributed by atoms with E-state index >= 15 is 0 Å². The van der Waals surface area contributed by atoms with Crippen LogP contribution in [0, 0.1) is 17.5 Å². The van der Waals surface area contributed by atoms with Crippen molar-refractivity contribution in [3.8, 4) is 11.1 Å². The largest absolute Gasteiger partial charge is 0.400 e. The monoisotopic (exact) mass is 514 g/mol. The third-order valence-electron chi connectivity index (χ3n) is 6.14. The van der Waals surface area contributed by atoms with Crippen LogP contribution in [0.1, 0.15) is 29.3 Å². The molecule has 0 radical (unpaired) electrons. The van der Waals surface area contributed by atoms with Crippen LogP contribution in [0.3, 0.4) is 0 Å². The van der Waals surface area contributed by atoms with Crippen molar-refractivity contribution in [3.05, 3.63) is 104 Å². The van der Waals surface area contributed by atoms with Gasteiger partial charge in [0.05, 0.1) is 22.3 Å². The lowest BCUT2D eigenvalue weighted by atomic mass is 9.91. The van der Waals surface area contributed by atoms with Gasteiger partial charge in [-0.1, -0.05) is 11.6 Å². The first-order chi connectivity index (χ1) is 17.1. The Balaban J connectivity index is 1.69. The molecule has 1 aliphatic rings. The fourth-order valence-electron chi connectivity index (χ4n) is 4.34. The molecule has 0 saturated heterocycles. The number of pyridine rings is 1. The quantitative estimate of drug-likeness (QED) is 0.495. The normalized spacial score (nSPS) is 16.4. The molecule has 1 amide bonds. The van der Waals surface area contributed by atoms with Crippen LogP contribution in [0.25, 0.3) is 11.1 Å². The Morgan fingerprint density at radius 1 is 1.11 bits per heavy atom. The molecule has 10 heteroatoms. The number of halogens is 4. The van der Waals surface area contributed by atoms with Gasteiger partial charge >= 0.3 is 0 Å². The van der Waals surface area contributed by atoms with Crippen molar-refractivity contribution in [2.24, 2.45) is 10.7 Å². The molecule has 3 aromatic rings. The number of aromatic amines is 1. The molecule has 186 valence electrons. The molecule has 2 heterocycles. The van der Waals surface area contributed by atoms with E-state index in [2.05, 4.69) is 9.98 Å². The van der Waals surface area contributed by atoms with Gasteiger partial charge in [-0.3, -0.25) is 14.6 Å². The molecular formula is C26H22ClF3N4O2. The van der Waals surface area contributed by atoms with E-state index in [1.807, 2.05) is 0 Å². The van der Waals surface area contributed by atoms with Crippen LogP contribution in [0.4, 0.5) is 13.2 Å². The zero-order chi connectivity index (χ0) is 26.1. The Hall–Kier alpha value is -3.85. The lowest BCUT2D eigenvalue weighted by molar-refractivity contribution is 0.0706. The molecule has 1 aliphatic heterocycles. The number of aromatic nitrogens is 1. The highest BCUT2D eigenvalue weighted by molar-refractivity contribution is 6.36. The highest BCUT2D eigenvalue weighted by Gasteiger charge is 2.32. The number of carbonyl (C=O) groups is 1. The van der Waals surface area contributed by atoms with E-state index in [1.165, 1.54) is 48.5 Å². The summed E-state index contributed by atoms with van der Waals surface area (Å²) >= 11 is 6.52. The average molecular weight is 515 g/mol. The van der Waals surface area contributed by atoms with E-state index < -0.39 is 29.4 Å². The highest BCUT2D eigenvalue weighted by Crippen LogP contribution is 2.34. The topological polar surface area (TPSA) is 91.5 Å². The molecule has 0 unspecified atom stereocenters. The Bertz CT molecular complexity index is 1440. The van der Waals surface area contributed by atoms with Crippen molar-refractivity contribution in [2.75, 3.05) is 13.6 Å². The fraction of sp³-hybridized carbons (Fsp3) is 0.192. The van der Waals surface area contributed by atoms with E-state index in [0.29, 0.717) is 22.5 Å². The van der Waals surface area contributed by atoms with Gasteiger partial charge in [0, 0.05) is 54.3 Å². The molecule has 0 bridgehead atoms. The SMILES string of the molecule is CN=C(C1=C(N)[C@H](C)N(C(=O)c2cc(F)cc(-c3ccc(=O)[nH]c3)c2Cl)CC1)c1cc(F)cc(F)c1. The fourth-order valence-corrected chi connectivity index (χ4v) is 4.64. The van der Waals surface area contributed by atoms with Gasteiger partial charge in [0.15, 0.2) is 0 Å². The van der Waals surface area contributed by atoms with E-state index in [1.54, 1.807) is 6.92 Å². The number of H-pyrrole nitrogens is 1. The molecule has 3 N–H and O–H groups in total. The second kappa shape index (κ2) is 10.0. The number of benzene rings is 2. The first kappa shape index (κ1) is 25.2. The van der Waals surface area contributed by atoms with Crippen molar-refractivity contribution >= 4 is 23.2 Å².